The first-order valence-corrected chi connectivity index (χ1v) is 10.7. The summed E-state index contributed by atoms with van der Waals surface area (Å²) < 4.78 is 0. The summed E-state index contributed by atoms with van der Waals surface area (Å²) in [5.74, 6) is 11.1. The van der Waals surface area contributed by atoms with Gasteiger partial charge in [0.05, 0.1) is 0 Å². The number of nitrogens with zero attached hydrogens (tertiary/aromatic N) is 1. The van der Waals surface area contributed by atoms with Crippen LogP contribution in [-0.4, -0.2) is 11.9 Å². The Bertz CT molecular complexity index is 1180. The van der Waals surface area contributed by atoms with Gasteiger partial charge in [0.1, 0.15) is 11.4 Å². The Labute approximate surface area is 170 Å². The van der Waals surface area contributed by atoms with Crippen molar-refractivity contribution in [1.29, 1.82) is 0 Å². The number of fused-ring (bicyclic) bond motifs is 10. The standard InChI is InChI=1S/C25H24N4/c1-12-4-3-5-14-6-15-16-7-19-18(8-17(16)20(15)9-23(14)27-12)21-10-24-25(11-22(19)21)29(26)13(2)28-24/h3-4,6-12,16-17,21-22,26-27,29H,5H2,1-2H3. The first-order chi connectivity index (χ1) is 14.1. The van der Waals surface area contributed by atoms with Gasteiger partial charge in [-0.1, -0.05) is 30.4 Å². The van der Waals surface area contributed by atoms with Crippen molar-refractivity contribution in [2.75, 3.05) is 5.32 Å². The van der Waals surface area contributed by atoms with Gasteiger partial charge in [0.2, 0.25) is 0 Å². The zero-order chi connectivity index (χ0) is 19.4. The van der Waals surface area contributed by atoms with Crippen molar-refractivity contribution in [3.63, 3.8) is 0 Å². The van der Waals surface area contributed by atoms with E-state index < -0.39 is 0 Å². The minimum atomic E-state index is 0.387. The van der Waals surface area contributed by atoms with E-state index in [2.05, 4.69) is 65.8 Å². The van der Waals surface area contributed by atoms with Crippen molar-refractivity contribution >= 4 is 11.5 Å². The van der Waals surface area contributed by atoms with Crippen LogP contribution in [0.1, 0.15) is 42.4 Å². The number of hydrogen-bond acceptors (Lipinski definition) is 2. The maximum Gasteiger partial charge on any atom is 0.194 e. The van der Waals surface area contributed by atoms with Crippen LogP contribution in [0.15, 0.2) is 76.1 Å². The third-order valence-electron chi connectivity index (χ3n) is 7.60. The summed E-state index contributed by atoms with van der Waals surface area (Å²) in [5, 5.41) is 4.26. The van der Waals surface area contributed by atoms with Crippen molar-refractivity contribution in [2.24, 2.45) is 16.8 Å². The van der Waals surface area contributed by atoms with Gasteiger partial charge in [0.15, 0.2) is 5.84 Å². The van der Waals surface area contributed by atoms with Crippen LogP contribution in [0.3, 0.4) is 0 Å². The predicted molar refractivity (Wildman–Crippen MR) is 116 cm³/mol. The lowest BCUT2D eigenvalue weighted by molar-refractivity contribution is -0.695. The summed E-state index contributed by atoms with van der Waals surface area (Å²) >= 11 is 0. The highest BCUT2D eigenvalue weighted by Crippen LogP contribution is 2.61. The van der Waals surface area contributed by atoms with E-state index in [0.717, 1.165) is 23.7 Å². The molecule has 4 heteroatoms. The molecule has 7 rings (SSSR count). The molecule has 0 radical (unpaired) electrons. The normalized spacial score (nSPS) is 37.1. The quantitative estimate of drug-likeness (QED) is 0.658. The van der Waals surface area contributed by atoms with Gasteiger partial charge in [-0.25, -0.2) is 0 Å². The molecule has 1 fully saturated rings. The van der Waals surface area contributed by atoms with Crippen LogP contribution in [0.25, 0.3) is 5.84 Å². The Morgan fingerprint density at radius 1 is 1.00 bits per heavy atom. The predicted octanol–water partition coefficient (Wildman–Crippen LogP) is 3.96. The molecule has 6 aliphatic rings. The summed E-state index contributed by atoms with van der Waals surface area (Å²) in [5.41, 5.74) is 10.8. The molecule has 0 bridgehead atoms. The number of hydrogen-bond donors (Lipinski definition) is 2. The topological polar surface area (TPSA) is 52.6 Å². The molecule has 3 N–H and O–H groups in total. The van der Waals surface area contributed by atoms with Crippen molar-refractivity contribution in [1.82, 2.24) is 0 Å². The maximum absolute atomic E-state index is 8.31. The summed E-state index contributed by atoms with van der Waals surface area (Å²) in [4.78, 5) is 4.62. The maximum atomic E-state index is 8.31. The Morgan fingerprint density at radius 2 is 1.72 bits per heavy atom. The van der Waals surface area contributed by atoms with Gasteiger partial charge in [-0.3, -0.25) is 0 Å². The molecule has 0 amide bonds. The van der Waals surface area contributed by atoms with E-state index in [1.165, 1.54) is 33.5 Å². The third kappa shape index (κ3) is 1.98. The zero-order valence-electron chi connectivity index (χ0n) is 16.7. The molecule has 4 nitrogen and oxygen atoms in total. The van der Waals surface area contributed by atoms with E-state index in [1.54, 1.807) is 0 Å². The first-order valence-electron chi connectivity index (χ1n) is 10.7. The lowest BCUT2D eigenvalue weighted by Crippen LogP contribution is -3.04. The van der Waals surface area contributed by atoms with Crippen molar-refractivity contribution in [3.8, 4) is 0 Å². The number of amidine groups is 1. The summed E-state index contributed by atoms with van der Waals surface area (Å²) in [6, 6.07) is 5.23. The van der Waals surface area contributed by atoms with Crippen LogP contribution < -0.4 is 10.3 Å². The fraction of sp³-hybridized carbons (Fsp3) is 0.320. The van der Waals surface area contributed by atoms with E-state index >= 15 is 0 Å². The zero-order valence-corrected chi connectivity index (χ0v) is 16.7. The highest BCUT2D eigenvalue weighted by Gasteiger charge is 2.49. The Kier molecular flexibility index (Phi) is 2.93. The summed E-state index contributed by atoms with van der Waals surface area (Å²) in [6.07, 6.45) is 15.2. The molecule has 2 heterocycles. The first kappa shape index (κ1) is 16.1. The highest BCUT2D eigenvalue weighted by molar-refractivity contribution is 5.78. The molecule has 144 valence electrons. The molecular weight excluding hydrogens is 356 g/mol. The molecule has 0 aromatic heterocycles. The van der Waals surface area contributed by atoms with Gasteiger partial charge in [-0.05, 0) is 59.4 Å². The molecule has 0 spiro atoms. The van der Waals surface area contributed by atoms with Gasteiger partial charge in [-0.2, -0.15) is 4.99 Å². The lowest BCUT2D eigenvalue weighted by Gasteiger charge is -2.49. The SMILES string of the molecule is CC1=NC2=CC3C4=CC5c6cc7c(cc6C5C=C4C3C=C2[NH+]1[NH-])CC=CC(C)N7. The van der Waals surface area contributed by atoms with E-state index in [4.69, 9.17) is 5.84 Å². The molecule has 4 aliphatic carbocycles. The van der Waals surface area contributed by atoms with Gasteiger partial charge in [-0.15, -0.1) is 0 Å². The average Bonchev–Trinajstić information content (AvgIpc) is 2.85. The molecule has 2 aliphatic heterocycles. The Morgan fingerprint density at radius 3 is 2.52 bits per heavy atom. The van der Waals surface area contributed by atoms with Gasteiger partial charge in [0.25, 0.3) is 0 Å². The van der Waals surface area contributed by atoms with E-state index in [-0.39, 0.29) is 0 Å². The van der Waals surface area contributed by atoms with Crippen LogP contribution >= 0.6 is 0 Å². The molecule has 6 unspecified atom stereocenters. The fourth-order valence-electron chi connectivity index (χ4n) is 6.06. The van der Waals surface area contributed by atoms with Crippen LogP contribution in [0.5, 0.6) is 0 Å². The number of aliphatic imine (C=N–C) groups is 1. The average molecular weight is 380 g/mol. The van der Waals surface area contributed by atoms with Crippen LogP contribution in [0.4, 0.5) is 5.69 Å². The molecular formula is C25H24N4. The lowest BCUT2D eigenvalue weighted by atomic mass is 9.54. The number of quaternary nitrogens is 1. The van der Waals surface area contributed by atoms with E-state index in [1.807, 2.05) is 6.92 Å². The van der Waals surface area contributed by atoms with Crippen LogP contribution in [-0.2, 0) is 6.42 Å². The van der Waals surface area contributed by atoms with Crippen LogP contribution in [0, 0.1) is 11.8 Å². The minimum absolute atomic E-state index is 0.387. The number of allylic oxidation sites excluding steroid dienone is 7. The number of anilines is 1. The largest absolute Gasteiger partial charge is 0.458 e. The molecule has 29 heavy (non-hydrogen) atoms. The highest BCUT2D eigenvalue weighted by atomic mass is 15.5. The third-order valence-corrected chi connectivity index (χ3v) is 7.60. The van der Waals surface area contributed by atoms with E-state index in [9.17, 15) is 0 Å². The second kappa shape index (κ2) is 5.26. The Hall–Kier alpha value is -2.69. The van der Waals surface area contributed by atoms with Crippen LogP contribution in [0.2, 0.25) is 0 Å². The number of nitrogens with one attached hydrogen (secondary N) is 3. The van der Waals surface area contributed by atoms with Crippen molar-refractivity contribution in [3.05, 3.63) is 93.7 Å². The second-order valence-corrected chi connectivity index (χ2v) is 9.26. The Balaban J connectivity index is 1.28. The van der Waals surface area contributed by atoms with E-state index in [0.29, 0.717) is 34.7 Å². The van der Waals surface area contributed by atoms with Gasteiger partial charge < -0.3 is 16.2 Å². The summed E-state index contributed by atoms with van der Waals surface area (Å²) in [7, 11) is 0. The molecule has 1 aromatic rings. The minimum Gasteiger partial charge on any atom is -0.458 e. The molecule has 6 atom stereocenters. The van der Waals surface area contributed by atoms with Gasteiger partial charge in [0, 0.05) is 42.3 Å². The monoisotopic (exact) mass is 380 g/mol. The van der Waals surface area contributed by atoms with Crippen molar-refractivity contribution < 1.29 is 5.01 Å². The smallest absolute Gasteiger partial charge is 0.194 e. The number of benzene rings is 1. The van der Waals surface area contributed by atoms with Crippen molar-refractivity contribution in [2.45, 2.75) is 38.1 Å². The number of rotatable bonds is 0. The summed E-state index contributed by atoms with van der Waals surface area (Å²) in [6.45, 7) is 4.16. The molecule has 0 saturated heterocycles. The van der Waals surface area contributed by atoms with Gasteiger partial charge >= 0.3 is 0 Å². The fourth-order valence-corrected chi connectivity index (χ4v) is 6.06. The second-order valence-electron chi connectivity index (χ2n) is 9.26. The molecule has 1 aromatic carbocycles. The molecule has 1 saturated carbocycles.